The van der Waals surface area contributed by atoms with Crippen molar-refractivity contribution in [1.82, 2.24) is 10.2 Å². The highest BCUT2D eigenvalue weighted by Crippen LogP contribution is 2.26. The minimum atomic E-state index is -0.326. The number of nitrogens with one attached hydrogen (secondary N) is 1. The lowest BCUT2D eigenvalue weighted by Gasteiger charge is -2.34. The number of rotatable bonds is 6. The standard InChI is InChI=1S/C25H30FN3O3/c1-17-3-8-22(26)23(13-17)28-11-9-20(10-12-28)27-25(31)19-14-24(30)29(16-19)15-18-4-6-21(32-2)7-5-18/h3-8,13,19-20H,9-12,14-16H2,1-2H3,(H,27,31)/t19-/m0/s1. The van der Waals surface area contributed by atoms with Crippen LogP contribution >= 0.6 is 0 Å². The Kier molecular flexibility index (Phi) is 6.63. The Bertz CT molecular complexity index is 971. The van der Waals surface area contributed by atoms with Crippen LogP contribution in [0.4, 0.5) is 10.1 Å². The van der Waals surface area contributed by atoms with Gasteiger partial charge in [-0.15, -0.1) is 0 Å². The maximum Gasteiger partial charge on any atom is 0.225 e. The zero-order valence-electron chi connectivity index (χ0n) is 18.6. The number of benzene rings is 2. The van der Waals surface area contributed by atoms with E-state index in [-0.39, 0.29) is 36.0 Å². The minimum Gasteiger partial charge on any atom is -0.497 e. The first-order chi connectivity index (χ1) is 15.4. The number of likely N-dealkylation sites (tertiary alicyclic amines) is 1. The molecule has 2 heterocycles. The lowest BCUT2D eigenvalue weighted by molar-refractivity contribution is -0.129. The van der Waals surface area contributed by atoms with Gasteiger partial charge in [-0.25, -0.2) is 4.39 Å². The van der Waals surface area contributed by atoms with Crippen LogP contribution in [0.2, 0.25) is 0 Å². The van der Waals surface area contributed by atoms with Crippen LogP contribution in [0.15, 0.2) is 42.5 Å². The zero-order chi connectivity index (χ0) is 22.7. The van der Waals surface area contributed by atoms with Crippen molar-refractivity contribution in [3.8, 4) is 5.75 Å². The maximum absolute atomic E-state index is 14.2. The molecule has 2 saturated heterocycles. The van der Waals surface area contributed by atoms with E-state index in [0.29, 0.717) is 31.9 Å². The van der Waals surface area contributed by atoms with E-state index in [0.717, 1.165) is 29.7 Å². The summed E-state index contributed by atoms with van der Waals surface area (Å²) in [4.78, 5) is 29.0. The first-order valence-electron chi connectivity index (χ1n) is 11.1. The molecule has 2 aromatic carbocycles. The fourth-order valence-electron chi connectivity index (χ4n) is 4.50. The Morgan fingerprint density at radius 2 is 1.88 bits per heavy atom. The van der Waals surface area contributed by atoms with Crippen molar-refractivity contribution in [3.05, 3.63) is 59.4 Å². The molecule has 2 aliphatic rings. The number of hydrogen-bond acceptors (Lipinski definition) is 4. The third-order valence-electron chi connectivity index (χ3n) is 6.40. The van der Waals surface area contributed by atoms with Crippen LogP contribution in [0.3, 0.4) is 0 Å². The van der Waals surface area contributed by atoms with Crippen LogP contribution < -0.4 is 15.0 Å². The van der Waals surface area contributed by atoms with E-state index in [1.165, 1.54) is 6.07 Å². The lowest BCUT2D eigenvalue weighted by Crippen LogP contribution is -2.47. The van der Waals surface area contributed by atoms with Gasteiger partial charge in [0.2, 0.25) is 11.8 Å². The van der Waals surface area contributed by atoms with Gasteiger partial charge in [-0.2, -0.15) is 0 Å². The summed E-state index contributed by atoms with van der Waals surface area (Å²) in [6, 6.07) is 12.8. The van der Waals surface area contributed by atoms with Gasteiger partial charge in [0.15, 0.2) is 0 Å². The van der Waals surface area contributed by atoms with E-state index in [9.17, 15) is 14.0 Å². The van der Waals surface area contributed by atoms with Crippen molar-refractivity contribution in [1.29, 1.82) is 0 Å². The molecule has 32 heavy (non-hydrogen) atoms. The second-order valence-corrected chi connectivity index (χ2v) is 8.75. The van der Waals surface area contributed by atoms with Crippen LogP contribution in [-0.2, 0) is 16.1 Å². The van der Waals surface area contributed by atoms with Crippen molar-refractivity contribution in [2.45, 2.75) is 38.8 Å². The Morgan fingerprint density at radius 3 is 2.56 bits per heavy atom. The average Bonchev–Trinajstić information content (AvgIpc) is 3.17. The van der Waals surface area contributed by atoms with E-state index >= 15 is 0 Å². The highest BCUT2D eigenvalue weighted by Gasteiger charge is 2.35. The number of aryl methyl sites for hydroxylation is 1. The molecule has 0 saturated carbocycles. The van der Waals surface area contributed by atoms with E-state index in [2.05, 4.69) is 5.32 Å². The molecular formula is C25H30FN3O3. The first-order valence-corrected chi connectivity index (χ1v) is 11.1. The fraction of sp³-hybridized carbons (Fsp3) is 0.440. The SMILES string of the molecule is COc1ccc(CN2C[C@@H](C(=O)NC3CCN(c4cc(C)ccc4F)CC3)CC2=O)cc1. The van der Waals surface area contributed by atoms with Crippen molar-refractivity contribution < 1.29 is 18.7 Å². The largest absolute Gasteiger partial charge is 0.497 e. The number of anilines is 1. The van der Waals surface area contributed by atoms with Gasteiger partial charge in [0.1, 0.15) is 11.6 Å². The molecule has 2 aliphatic heterocycles. The van der Waals surface area contributed by atoms with E-state index in [1.807, 2.05) is 42.2 Å². The summed E-state index contributed by atoms with van der Waals surface area (Å²) in [7, 11) is 1.62. The number of piperidine rings is 1. The number of carbonyl (C=O) groups is 2. The third-order valence-corrected chi connectivity index (χ3v) is 6.40. The van der Waals surface area contributed by atoms with E-state index < -0.39 is 0 Å². The molecule has 1 N–H and O–H groups in total. The van der Waals surface area contributed by atoms with Crippen LogP contribution in [0, 0.1) is 18.7 Å². The second-order valence-electron chi connectivity index (χ2n) is 8.75. The monoisotopic (exact) mass is 439 g/mol. The molecule has 0 bridgehead atoms. The predicted octanol–water partition coefficient (Wildman–Crippen LogP) is 3.28. The molecule has 0 radical (unpaired) electrons. The Balaban J connectivity index is 1.27. The Hall–Kier alpha value is -3.09. The summed E-state index contributed by atoms with van der Waals surface area (Å²) >= 11 is 0. The van der Waals surface area contributed by atoms with Gasteiger partial charge < -0.3 is 19.9 Å². The molecule has 4 rings (SSSR count). The van der Waals surface area contributed by atoms with Crippen molar-refractivity contribution in [2.75, 3.05) is 31.6 Å². The third kappa shape index (κ3) is 5.03. The summed E-state index contributed by atoms with van der Waals surface area (Å²) in [5.41, 5.74) is 2.67. The van der Waals surface area contributed by atoms with Gasteiger partial charge in [0.05, 0.1) is 18.7 Å². The fourth-order valence-corrected chi connectivity index (χ4v) is 4.50. The molecular weight excluding hydrogens is 409 g/mol. The summed E-state index contributed by atoms with van der Waals surface area (Å²) in [5.74, 6) is 0.184. The molecule has 1 atom stereocenters. The number of carbonyl (C=O) groups excluding carboxylic acids is 2. The topological polar surface area (TPSA) is 61.9 Å². The molecule has 0 aromatic heterocycles. The molecule has 170 valence electrons. The second kappa shape index (κ2) is 9.59. The maximum atomic E-state index is 14.2. The van der Waals surface area contributed by atoms with Crippen molar-refractivity contribution in [2.24, 2.45) is 5.92 Å². The molecule has 0 spiro atoms. The predicted molar refractivity (Wildman–Crippen MR) is 121 cm³/mol. The number of amides is 2. The van der Waals surface area contributed by atoms with Gasteiger partial charge in [-0.05, 0) is 55.2 Å². The number of methoxy groups -OCH3 is 1. The molecule has 2 aromatic rings. The van der Waals surface area contributed by atoms with Gasteiger partial charge in [-0.3, -0.25) is 9.59 Å². The van der Waals surface area contributed by atoms with Crippen molar-refractivity contribution >= 4 is 17.5 Å². The number of halogens is 1. The number of ether oxygens (including phenoxy) is 1. The summed E-state index contributed by atoms with van der Waals surface area (Å²) in [6.07, 6.45) is 1.76. The lowest BCUT2D eigenvalue weighted by atomic mass is 10.0. The van der Waals surface area contributed by atoms with Gasteiger partial charge in [0, 0.05) is 38.6 Å². The summed E-state index contributed by atoms with van der Waals surface area (Å²) < 4.78 is 19.3. The highest BCUT2D eigenvalue weighted by atomic mass is 19.1. The molecule has 2 fully saturated rings. The quantitative estimate of drug-likeness (QED) is 0.751. The summed E-state index contributed by atoms with van der Waals surface area (Å²) in [6.45, 7) is 4.27. The minimum absolute atomic E-state index is 0.00529. The average molecular weight is 440 g/mol. The van der Waals surface area contributed by atoms with E-state index in [4.69, 9.17) is 4.74 Å². The highest BCUT2D eigenvalue weighted by molar-refractivity contribution is 5.89. The molecule has 7 heteroatoms. The number of nitrogens with zero attached hydrogens (tertiary/aromatic N) is 2. The van der Waals surface area contributed by atoms with Gasteiger partial charge >= 0.3 is 0 Å². The van der Waals surface area contributed by atoms with Crippen LogP contribution in [-0.4, -0.2) is 49.5 Å². The van der Waals surface area contributed by atoms with E-state index in [1.54, 1.807) is 18.1 Å². The van der Waals surface area contributed by atoms with Crippen LogP contribution in [0.5, 0.6) is 5.75 Å². The molecule has 0 unspecified atom stereocenters. The molecule has 6 nitrogen and oxygen atoms in total. The number of hydrogen-bond donors (Lipinski definition) is 1. The normalized spacial score (nSPS) is 19.3. The van der Waals surface area contributed by atoms with Gasteiger partial charge in [0.25, 0.3) is 0 Å². The smallest absolute Gasteiger partial charge is 0.225 e. The first kappa shape index (κ1) is 22.1. The van der Waals surface area contributed by atoms with Crippen molar-refractivity contribution in [3.63, 3.8) is 0 Å². The summed E-state index contributed by atoms with van der Waals surface area (Å²) in [5, 5.41) is 3.12. The molecule has 0 aliphatic carbocycles. The van der Waals surface area contributed by atoms with Crippen LogP contribution in [0.25, 0.3) is 0 Å². The Morgan fingerprint density at radius 1 is 1.16 bits per heavy atom. The Labute approximate surface area is 188 Å². The zero-order valence-corrected chi connectivity index (χ0v) is 18.6. The molecule has 2 amide bonds. The van der Waals surface area contributed by atoms with Gasteiger partial charge in [-0.1, -0.05) is 18.2 Å². The van der Waals surface area contributed by atoms with Crippen LogP contribution in [0.1, 0.15) is 30.4 Å².